The van der Waals surface area contributed by atoms with Crippen LogP contribution in [0.5, 0.6) is 5.75 Å². The molecule has 5 nitrogen and oxygen atoms in total. The Bertz CT molecular complexity index is 779. The van der Waals surface area contributed by atoms with Crippen LogP contribution in [-0.2, 0) is 22.3 Å². The number of ether oxygens (including phenoxy) is 1. The molecule has 144 valence electrons. The quantitative estimate of drug-likeness (QED) is 0.804. The zero-order valence-corrected chi connectivity index (χ0v) is 14.6. The number of hydrogen-bond acceptors (Lipinski definition) is 3. The zero-order chi connectivity index (χ0) is 19.9. The van der Waals surface area contributed by atoms with Crippen LogP contribution in [0.2, 0.25) is 0 Å². The Hall–Kier alpha value is -3.03. The fraction of sp³-hybridized carbons (Fsp3) is 0.263. The summed E-state index contributed by atoms with van der Waals surface area (Å²) in [5, 5.41) is 2.39. The smallest absolute Gasteiger partial charge is 0.416 e. The lowest BCUT2D eigenvalue weighted by Crippen LogP contribution is -2.39. The van der Waals surface area contributed by atoms with Crippen molar-refractivity contribution in [3.8, 4) is 5.75 Å². The molecule has 0 aliphatic rings. The van der Waals surface area contributed by atoms with Crippen LogP contribution >= 0.6 is 0 Å². The highest BCUT2D eigenvalue weighted by Crippen LogP contribution is 2.32. The Morgan fingerprint density at radius 3 is 2.33 bits per heavy atom. The molecule has 0 spiro atoms. The number of alkyl halides is 3. The molecular formula is C19H19F3N2O3. The van der Waals surface area contributed by atoms with Gasteiger partial charge in [0.15, 0.2) is 6.61 Å². The number of para-hydroxylation sites is 1. The minimum absolute atomic E-state index is 0.0143. The molecule has 2 amide bonds. The molecule has 2 aromatic rings. The van der Waals surface area contributed by atoms with Gasteiger partial charge in [-0.1, -0.05) is 36.4 Å². The molecule has 8 heteroatoms. The summed E-state index contributed by atoms with van der Waals surface area (Å²) in [6, 6.07) is 13.7. The number of nitrogens with one attached hydrogen (secondary N) is 1. The van der Waals surface area contributed by atoms with Gasteiger partial charge >= 0.3 is 6.18 Å². The summed E-state index contributed by atoms with van der Waals surface area (Å²) in [6.07, 6.45) is -4.50. The predicted octanol–water partition coefficient (Wildman–Crippen LogP) is 2.86. The van der Waals surface area contributed by atoms with Crippen molar-refractivity contribution in [2.24, 2.45) is 0 Å². The summed E-state index contributed by atoms with van der Waals surface area (Å²) >= 11 is 0. The molecule has 0 heterocycles. The number of carbonyl (C=O) groups is 2. The molecule has 2 aromatic carbocycles. The standard InChI is InChI=1S/C19H19F3N2O3/c1-24(12-14-7-5-6-10-16(14)19(20,21)22)18(26)11-23-17(25)13-27-15-8-3-2-4-9-15/h2-10H,11-13H2,1H3,(H,23,25). The summed E-state index contributed by atoms with van der Waals surface area (Å²) in [7, 11) is 1.38. The molecular weight excluding hydrogens is 361 g/mol. The van der Waals surface area contributed by atoms with Gasteiger partial charge in [0, 0.05) is 13.6 Å². The number of likely N-dealkylation sites (N-methyl/N-ethyl adjacent to an activating group) is 1. The summed E-state index contributed by atoms with van der Waals surface area (Å²) in [6.45, 7) is -0.815. The normalized spacial score (nSPS) is 11.0. The molecule has 0 radical (unpaired) electrons. The minimum Gasteiger partial charge on any atom is -0.484 e. The van der Waals surface area contributed by atoms with E-state index in [0.717, 1.165) is 11.0 Å². The van der Waals surface area contributed by atoms with E-state index in [9.17, 15) is 22.8 Å². The Morgan fingerprint density at radius 2 is 1.67 bits per heavy atom. The summed E-state index contributed by atoms with van der Waals surface area (Å²) in [4.78, 5) is 24.9. The van der Waals surface area contributed by atoms with Gasteiger partial charge in [0.25, 0.3) is 5.91 Å². The highest BCUT2D eigenvalue weighted by atomic mass is 19.4. The van der Waals surface area contributed by atoms with Crippen LogP contribution in [0.3, 0.4) is 0 Å². The van der Waals surface area contributed by atoms with Gasteiger partial charge in [-0.05, 0) is 23.8 Å². The van der Waals surface area contributed by atoms with E-state index in [1.165, 1.54) is 25.2 Å². The van der Waals surface area contributed by atoms with Gasteiger partial charge in [-0.3, -0.25) is 9.59 Å². The average Bonchev–Trinajstić information content (AvgIpc) is 2.64. The first-order chi connectivity index (χ1) is 12.8. The van der Waals surface area contributed by atoms with Crippen LogP contribution in [0.1, 0.15) is 11.1 Å². The van der Waals surface area contributed by atoms with Crippen LogP contribution in [-0.4, -0.2) is 36.9 Å². The van der Waals surface area contributed by atoms with E-state index in [1.807, 2.05) is 0 Å². The third-order valence-corrected chi connectivity index (χ3v) is 3.71. The van der Waals surface area contributed by atoms with Crippen molar-refractivity contribution in [2.45, 2.75) is 12.7 Å². The van der Waals surface area contributed by atoms with Gasteiger partial charge in [0.2, 0.25) is 5.91 Å². The van der Waals surface area contributed by atoms with Crippen LogP contribution in [0.15, 0.2) is 54.6 Å². The summed E-state index contributed by atoms with van der Waals surface area (Å²) < 4.78 is 44.3. The molecule has 0 aliphatic carbocycles. The molecule has 0 aliphatic heterocycles. The second-order valence-corrected chi connectivity index (χ2v) is 5.78. The van der Waals surface area contributed by atoms with Crippen molar-refractivity contribution in [1.82, 2.24) is 10.2 Å². The summed E-state index contributed by atoms with van der Waals surface area (Å²) in [5.74, 6) is -0.504. The third-order valence-electron chi connectivity index (χ3n) is 3.71. The van der Waals surface area contributed by atoms with E-state index in [-0.39, 0.29) is 25.3 Å². The maximum atomic E-state index is 13.0. The first kappa shape index (κ1) is 20.3. The SMILES string of the molecule is CN(Cc1ccccc1C(F)(F)F)C(=O)CNC(=O)COc1ccccc1. The molecule has 27 heavy (non-hydrogen) atoms. The number of carbonyl (C=O) groups excluding carboxylic acids is 2. The lowest BCUT2D eigenvalue weighted by atomic mass is 10.1. The second-order valence-electron chi connectivity index (χ2n) is 5.78. The molecule has 0 bridgehead atoms. The van der Waals surface area contributed by atoms with Crippen molar-refractivity contribution in [3.63, 3.8) is 0 Å². The topological polar surface area (TPSA) is 58.6 Å². The number of hydrogen-bond donors (Lipinski definition) is 1. The lowest BCUT2D eigenvalue weighted by molar-refractivity contribution is -0.139. The zero-order valence-electron chi connectivity index (χ0n) is 14.6. The third kappa shape index (κ3) is 6.32. The molecule has 2 rings (SSSR count). The van der Waals surface area contributed by atoms with Gasteiger partial charge in [-0.2, -0.15) is 13.2 Å². The molecule has 0 saturated heterocycles. The van der Waals surface area contributed by atoms with Crippen LogP contribution in [0.25, 0.3) is 0 Å². The molecule has 0 fully saturated rings. The van der Waals surface area contributed by atoms with Gasteiger partial charge in [0.1, 0.15) is 5.75 Å². The second kappa shape index (κ2) is 9.07. The van der Waals surface area contributed by atoms with Crippen LogP contribution in [0, 0.1) is 0 Å². The van der Waals surface area contributed by atoms with E-state index in [0.29, 0.717) is 5.75 Å². The number of nitrogens with zero attached hydrogens (tertiary/aromatic N) is 1. The average molecular weight is 380 g/mol. The molecule has 1 N–H and O–H groups in total. The highest BCUT2D eigenvalue weighted by molar-refractivity contribution is 5.85. The first-order valence-corrected chi connectivity index (χ1v) is 8.11. The number of rotatable bonds is 7. The van der Waals surface area contributed by atoms with Gasteiger partial charge < -0.3 is 15.0 Å². The molecule has 0 aromatic heterocycles. The maximum absolute atomic E-state index is 13.0. The van der Waals surface area contributed by atoms with Crippen molar-refractivity contribution in [3.05, 3.63) is 65.7 Å². The maximum Gasteiger partial charge on any atom is 0.416 e. The van der Waals surface area contributed by atoms with Crippen molar-refractivity contribution in [2.75, 3.05) is 20.2 Å². The highest BCUT2D eigenvalue weighted by Gasteiger charge is 2.33. The number of halogens is 3. The summed E-state index contributed by atoms with van der Waals surface area (Å²) in [5.41, 5.74) is -0.801. The van der Waals surface area contributed by atoms with Gasteiger partial charge in [-0.15, -0.1) is 0 Å². The Balaban J connectivity index is 1.83. The van der Waals surface area contributed by atoms with E-state index in [1.54, 1.807) is 30.3 Å². The Kier molecular flexibility index (Phi) is 6.81. The van der Waals surface area contributed by atoms with E-state index in [2.05, 4.69) is 5.32 Å². The van der Waals surface area contributed by atoms with Gasteiger partial charge in [-0.25, -0.2) is 0 Å². The van der Waals surface area contributed by atoms with Crippen LogP contribution in [0.4, 0.5) is 13.2 Å². The lowest BCUT2D eigenvalue weighted by Gasteiger charge is -2.20. The fourth-order valence-electron chi connectivity index (χ4n) is 2.30. The Morgan fingerprint density at radius 1 is 1.04 bits per heavy atom. The van der Waals surface area contributed by atoms with Crippen LogP contribution < -0.4 is 10.1 Å². The molecule has 0 unspecified atom stereocenters. The van der Waals surface area contributed by atoms with E-state index in [4.69, 9.17) is 4.74 Å². The van der Waals surface area contributed by atoms with Crippen molar-refractivity contribution in [1.29, 1.82) is 0 Å². The first-order valence-electron chi connectivity index (χ1n) is 8.11. The largest absolute Gasteiger partial charge is 0.484 e. The van der Waals surface area contributed by atoms with Crippen molar-refractivity contribution >= 4 is 11.8 Å². The number of benzene rings is 2. The molecule has 0 atom stereocenters. The molecule has 0 saturated carbocycles. The van der Waals surface area contributed by atoms with E-state index >= 15 is 0 Å². The van der Waals surface area contributed by atoms with Crippen molar-refractivity contribution < 1.29 is 27.5 Å². The fourth-order valence-corrected chi connectivity index (χ4v) is 2.30. The van der Waals surface area contributed by atoms with E-state index < -0.39 is 23.6 Å². The monoisotopic (exact) mass is 380 g/mol. The number of amides is 2. The Labute approximate surface area is 154 Å². The predicted molar refractivity (Wildman–Crippen MR) is 92.9 cm³/mol. The van der Waals surface area contributed by atoms with Gasteiger partial charge in [0.05, 0.1) is 12.1 Å². The minimum atomic E-state index is -4.50.